The van der Waals surface area contributed by atoms with E-state index in [1.54, 1.807) is 17.4 Å². The van der Waals surface area contributed by atoms with E-state index in [-0.39, 0.29) is 11.9 Å². The van der Waals surface area contributed by atoms with Crippen molar-refractivity contribution in [3.05, 3.63) is 33.5 Å². The summed E-state index contributed by atoms with van der Waals surface area (Å²) in [6.45, 7) is 8.23. The number of nitrogens with zero attached hydrogens (tertiary/aromatic N) is 3. The van der Waals surface area contributed by atoms with Crippen LogP contribution in [0.25, 0.3) is 0 Å². The Hall–Kier alpha value is -2.13. The van der Waals surface area contributed by atoms with Crippen molar-refractivity contribution in [1.82, 2.24) is 9.78 Å². The molecule has 1 aliphatic carbocycles. The molecule has 1 amide bonds. The van der Waals surface area contributed by atoms with Crippen LogP contribution in [0.4, 0.5) is 5.00 Å². The van der Waals surface area contributed by atoms with E-state index in [1.807, 2.05) is 25.5 Å². The molecule has 0 radical (unpaired) electrons. The summed E-state index contributed by atoms with van der Waals surface area (Å²) >= 11 is 1.54. The molecule has 0 fully saturated rings. The number of nitriles is 1. The van der Waals surface area contributed by atoms with Crippen molar-refractivity contribution in [1.29, 1.82) is 5.26 Å². The lowest BCUT2D eigenvalue weighted by atomic mass is 9.89. The summed E-state index contributed by atoms with van der Waals surface area (Å²) in [6, 6.07) is 4.27. The molecule has 0 spiro atoms. The number of hydrogen-bond donors (Lipinski definition) is 1. The SMILES string of the molecule is Cc1cc(C(=O)Nc2sc3c(c2C#N)CC[C@@H](C)C3)nn1C(C)C. The van der Waals surface area contributed by atoms with Crippen molar-refractivity contribution in [3.8, 4) is 6.07 Å². The van der Waals surface area contributed by atoms with E-state index in [0.717, 1.165) is 30.5 Å². The van der Waals surface area contributed by atoms with Crippen molar-refractivity contribution < 1.29 is 4.79 Å². The molecule has 2 heterocycles. The second-order valence-electron chi connectivity index (χ2n) is 6.83. The van der Waals surface area contributed by atoms with Gasteiger partial charge in [0.2, 0.25) is 0 Å². The van der Waals surface area contributed by atoms with Gasteiger partial charge in [-0.2, -0.15) is 10.4 Å². The average Bonchev–Trinajstić information content (AvgIpc) is 3.06. The topological polar surface area (TPSA) is 70.7 Å². The first-order valence-electron chi connectivity index (χ1n) is 8.32. The zero-order chi connectivity index (χ0) is 17.4. The van der Waals surface area contributed by atoms with Crippen LogP contribution in [0.2, 0.25) is 0 Å². The summed E-state index contributed by atoms with van der Waals surface area (Å²) in [4.78, 5) is 13.8. The Balaban J connectivity index is 1.87. The van der Waals surface area contributed by atoms with Crippen LogP contribution in [0.1, 0.15) is 65.4 Å². The highest BCUT2D eigenvalue weighted by atomic mass is 32.1. The van der Waals surface area contributed by atoms with E-state index in [9.17, 15) is 10.1 Å². The zero-order valence-corrected chi connectivity index (χ0v) is 15.3. The maximum absolute atomic E-state index is 12.6. The van der Waals surface area contributed by atoms with Crippen LogP contribution in [0.15, 0.2) is 6.07 Å². The van der Waals surface area contributed by atoms with Gasteiger partial charge in [-0.15, -0.1) is 11.3 Å². The molecule has 2 aromatic heterocycles. The summed E-state index contributed by atoms with van der Waals surface area (Å²) in [7, 11) is 0. The van der Waals surface area contributed by atoms with Gasteiger partial charge in [-0.1, -0.05) is 6.92 Å². The van der Waals surface area contributed by atoms with E-state index in [4.69, 9.17) is 0 Å². The van der Waals surface area contributed by atoms with Crippen molar-refractivity contribution in [2.75, 3.05) is 5.32 Å². The number of thiophene rings is 1. The first kappa shape index (κ1) is 16.7. The van der Waals surface area contributed by atoms with Crippen molar-refractivity contribution in [3.63, 3.8) is 0 Å². The van der Waals surface area contributed by atoms with Gasteiger partial charge in [-0.25, -0.2) is 0 Å². The maximum atomic E-state index is 12.6. The summed E-state index contributed by atoms with van der Waals surface area (Å²) in [5, 5.41) is 17.5. The number of hydrogen-bond acceptors (Lipinski definition) is 4. The highest BCUT2D eigenvalue weighted by molar-refractivity contribution is 7.16. The maximum Gasteiger partial charge on any atom is 0.276 e. The highest BCUT2D eigenvalue weighted by Crippen LogP contribution is 2.39. The first-order chi connectivity index (χ1) is 11.4. The van der Waals surface area contributed by atoms with E-state index < -0.39 is 0 Å². The number of aryl methyl sites for hydroxylation is 1. The molecule has 0 saturated heterocycles. The van der Waals surface area contributed by atoms with Crippen molar-refractivity contribution in [2.24, 2.45) is 5.92 Å². The lowest BCUT2D eigenvalue weighted by molar-refractivity contribution is 0.102. The van der Waals surface area contributed by atoms with Crippen LogP contribution in [-0.2, 0) is 12.8 Å². The molecule has 2 aromatic rings. The zero-order valence-electron chi connectivity index (χ0n) is 14.5. The number of fused-ring (bicyclic) bond motifs is 1. The number of anilines is 1. The number of amides is 1. The number of nitrogens with one attached hydrogen (secondary N) is 1. The summed E-state index contributed by atoms with van der Waals surface area (Å²) < 4.78 is 1.83. The highest BCUT2D eigenvalue weighted by Gasteiger charge is 2.25. The van der Waals surface area contributed by atoms with E-state index in [2.05, 4.69) is 23.4 Å². The molecule has 0 aromatic carbocycles. The molecule has 1 aliphatic rings. The molecular weight excluding hydrogens is 320 g/mol. The fraction of sp³-hybridized carbons (Fsp3) is 0.500. The largest absolute Gasteiger partial charge is 0.311 e. The van der Waals surface area contributed by atoms with E-state index in [0.29, 0.717) is 22.2 Å². The second kappa shape index (κ2) is 6.40. The van der Waals surface area contributed by atoms with Crippen LogP contribution in [0.3, 0.4) is 0 Å². The Labute approximate surface area is 146 Å². The predicted molar refractivity (Wildman–Crippen MR) is 95.5 cm³/mol. The lowest BCUT2D eigenvalue weighted by Gasteiger charge is -2.17. The van der Waals surface area contributed by atoms with Gasteiger partial charge in [0.15, 0.2) is 5.69 Å². The van der Waals surface area contributed by atoms with E-state index in [1.165, 1.54) is 4.88 Å². The first-order valence-corrected chi connectivity index (χ1v) is 9.14. The molecule has 0 aliphatic heterocycles. The molecule has 0 unspecified atom stereocenters. The Kier molecular flexibility index (Phi) is 4.46. The molecule has 1 N–H and O–H groups in total. The third kappa shape index (κ3) is 2.96. The van der Waals surface area contributed by atoms with Crippen molar-refractivity contribution in [2.45, 2.75) is 53.0 Å². The quantitative estimate of drug-likeness (QED) is 0.913. The Morgan fingerprint density at radius 1 is 1.54 bits per heavy atom. The minimum atomic E-state index is -0.249. The van der Waals surface area contributed by atoms with Gasteiger partial charge >= 0.3 is 0 Å². The normalized spacial score (nSPS) is 16.8. The van der Waals surface area contributed by atoms with E-state index >= 15 is 0 Å². The standard InChI is InChI=1S/C18H22N4OS/c1-10(2)22-12(4)8-15(21-22)17(23)20-18-14(9-19)13-6-5-11(3)7-16(13)24-18/h8,10-11H,5-7H2,1-4H3,(H,20,23)/t11-/m1/s1. The summed E-state index contributed by atoms with van der Waals surface area (Å²) in [6.07, 6.45) is 3.02. The van der Waals surface area contributed by atoms with Crippen molar-refractivity contribution >= 4 is 22.2 Å². The Morgan fingerprint density at radius 3 is 2.92 bits per heavy atom. The lowest BCUT2D eigenvalue weighted by Crippen LogP contribution is -2.14. The van der Waals surface area contributed by atoms with Gasteiger partial charge in [0.1, 0.15) is 11.1 Å². The van der Waals surface area contributed by atoms with Crippen LogP contribution in [-0.4, -0.2) is 15.7 Å². The molecule has 126 valence electrons. The van der Waals surface area contributed by atoms with Gasteiger partial charge in [0.25, 0.3) is 5.91 Å². The third-order valence-corrected chi connectivity index (χ3v) is 5.66. The summed E-state index contributed by atoms with van der Waals surface area (Å²) in [5.74, 6) is 0.385. The minimum absolute atomic E-state index is 0.205. The number of aromatic nitrogens is 2. The number of carbonyl (C=O) groups excluding carboxylic acids is 1. The molecule has 6 heteroatoms. The van der Waals surface area contributed by atoms with Gasteiger partial charge in [0.05, 0.1) is 5.56 Å². The molecule has 24 heavy (non-hydrogen) atoms. The van der Waals surface area contributed by atoms with Crippen LogP contribution in [0, 0.1) is 24.2 Å². The molecular formula is C18H22N4OS. The fourth-order valence-electron chi connectivity index (χ4n) is 3.25. The third-order valence-electron chi connectivity index (χ3n) is 4.49. The molecule has 0 saturated carbocycles. The monoisotopic (exact) mass is 342 g/mol. The minimum Gasteiger partial charge on any atom is -0.311 e. The summed E-state index contributed by atoms with van der Waals surface area (Å²) in [5.41, 5.74) is 3.11. The Morgan fingerprint density at radius 2 is 2.29 bits per heavy atom. The number of rotatable bonds is 3. The van der Waals surface area contributed by atoms with Gasteiger partial charge in [0, 0.05) is 16.6 Å². The smallest absolute Gasteiger partial charge is 0.276 e. The van der Waals surface area contributed by atoms with Crippen LogP contribution in [0.5, 0.6) is 0 Å². The molecule has 3 rings (SSSR count). The van der Waals surface area contributed by atoms with Gasteiger partial charge in [-0.3, -0.25) is 9.48 Å². The molecule has 1 atom stereocenters. The average molecular weight is 342 g/mol. The molecule has 5 nitrogen and oxygen atoms in total. The second-order valence-corrected chi connectivity index (χ2v) is 7.94. The predicted octanol–water partition coefficient (Wildman–Crippen LogP) is 4.08. The van der Waals surface area contributed by atoms with Gasteiger partial charge < -0.3 is 5.32 Å². The fourth-order valence-corrected chi connectivity index (χ4v) is 4.60. The van der Waals surface area contributed by atoms with Crippen LogP contribution < -0.4 is 5.32 Å². The van der Waals surface area contributed by atoms with Crippen LogP contribution >= 0.6 is 11.3 Å². The number of carbonyl (C=O) groups is 1. The Bertz CT molecular complexity index is 825. The van der Waals surface area contributed by atoms with Gasteiger partial charge in [-0.05, 0) is 57.6 Å². The molecule has 0 bridgehead atoms.